The first-order valence-corrected chi connectivity index (χ1v) is 12.9. The van der Waals surface area contributed by atoms with Gasteiger partial charge in [0, 0.05) is 0 Å². The van der Waals surface area contributed by atoms with Crippen molar-refractivity contribution in [3.63, 3.8) is 0 Å². The Morgan fingerprint density at radius 3 is 0.974 bits per heavy atom. The number of hydrogen-bond donors (Lipinski definition) is 2. The van der Waals surface area contributed by atoms with Gasteiger partial charge in [-0.3, -0.25) is 0 Å². The van der Waals surface area contributed by atoms with E-state index in [1.807, 2.05) is 103 Å². The molecule has 5 aromatic rings. The van der Waals surface area contributed by atoms with E-state index < -0.39 is 12.4 Å². The number of rotatable bonds is 6. The van der Waals surface area contributed by atoms with Crippen LogP contribution in [0.15, 0.2) is 152 Å². The molecule has 1 aliphatic rings. The van der Waals surface area contributed by atoms with E-state index in [9.17, 15) is 10.0 Å². The third-order valence-corrected chi connectivity index (χ3v) is 7.40. The summed E-state index contributed by atoms with van der Waals surface area (Å²) >= 11 is 0. The van der Waals surface area contributed by atoms with Gasteiger partial charge < -0.3 is 10.0 Å². The Bertz CT molecular complexity index is 1490. The molecule has 3 heteroatoms. The smallest absolute Gasteiger partial charge is 0.426 e. The van der Waals surface area contributed by atoms with E-state index in [4.69, 9.17) is 0 Å². The summed E-state index contributed by atoms with van der Waals surface area (Å²) in [4.78, 5) is 0. The van der Waals surface area contributed by atoms with Gasteiger partial charge in [-0.1, -0.05) is 152 Å². The average Bonchev–Trinajstić information content (AvgIpc) is 3.32. The highest BCUT2D eigenvalue weighted by atomic mass is 16.4. The lowest BCUT2D eigenvalue weighted by Crippen LogP contribution is -2.45. The SMILES string of the molecule is OB(O)C1(c2ccccc2)C(c2ccccc2)=C(c2ccccc2)C(c2ccccc2)=C1c1ccccc1. The quantitative estimate of drug-likeness (QED) is 0.248. The fourth-order valence-electron chi connectivity index (χ4n) is 5.91. The molecule has 0 unspecified atom stereocenters. The summed E-state index contributed by atoms with van der Waals surface area (Å²) in [5, 5.41) is 22.0. The third-order valence-electron chi connectivity index (χ3n) is 7.40. The lowest BCUT2D eigenvalue weighted by Gasteiger charge is -2.36. The van der Waals surface area contributed by atoms with Crippen molar-refractivity contribution >= 4 is 29.4 Å². The zero-order chi connectivity index (χ0) is 26.0. The lowest BCUT2D eigenvalue weighted by molar-refractivity contribution is 0.386. The summed E-state index contributed by atoms with van der Waals surface area (Å²) in [5.41, 5.74) is 8.52. The summed E-state index contributed by atoms with van der Waals surface area (Å²) < 4.78 is 0. The molecule has 1 aliphatic carbocycles. The minimum Gasteiger partial charge on any atom is -0.426 e. The molecule has 0 saturated carbocycles. The molecule has 0 saturated heterocycles. The summed E-state index contributed by atoms with van der Waals surface area (Å²) in [6.45, 7) is 0. The molecule has 2 N–H and O–H groups in total. The molecule has 2 nitrogen and oxygen atoms in total. The van der Waals surface area contributed by atoms with Gasteiger partial charge in [-0.2, -0.15) is 0 Å². The van der Waals surface area contributed by atoms with E-state index >= 15 is 0 Å². The van der Waals surface area contributed by atoms with Crippen molar-refractivity contribution < 1.29 is 10.0 Å². The highest BCUT2D eigenvalue weighted by Crippen LogP contribution is 2.62. The lowest BCUT2D eigenvalue weighted by atomic mass is 9.47. The first kappa shape index (κ1) is 23.9. The molecule has 0 bridgehead atoms. The van der Waals surface area contributed by atoms with Crippen LogP contribution in [0.5, 0.6) is 0 Å². The van der Waals surface area contributed by atoms with Crippen LogP contribution in [0.25, 0.3) is 22.3 Å². The molecule has 38 heavy (non-hydrogen) atoms. The predicted octanol–water partition coefficient (Wildman–Crippen LogP) is 7.17. The molecule has 0 radical (unpaired) electrons. The summed E-state index contributed by atoms with van der Waals surface area (Å²) in [5.74, 6) is 0. The second-order valence-electron chi connectivity index (χ2n) is 9.51. The second-order valence-corrected chi connectivity index (χ2v) is 9.51. The van der Waals surface area contributed by atoms with Crippen molar-refractivity contribution in [2.45, 2.75) is 5.31 Å². The fraction of sp³-hybridized carbons (Fsp3) is 0.0286. The van der Waals surface area contributed by atoms with Gasteiger partial charge in [0.05, 0.1) is 5.31 Å². The van der Waals surface area contributed by atoms with Crippen LogP contribution in [-0.2, 0) is 5.31 Å². The summed E-state index contributed by atoms with van der Waals surface area (Å²) in [6.07, 6.45) is 0. The van der Waals surface area contributed by atoms with Crippen molar-refractivity contribution in [3.8, 4) is 0 Å². The fourth-order valence-corrected chi connectivity index (χ4v) is 5.91. The molecule has 0 spiro atoms. The second kappa shape index (κ2) is 10.1. The monoisotopic (exact) mass is 490 g/mol. The zero-order valence-electron chi connectivity index (χ0n) is 20.9. The Labute approximate surface area is 224 Å². The highest BCUT2D eigenvalue weighted by molar-refractivity contribution is 6.58. The van der Waals surface area contributed by atoms with Gasteiger partial charge >= 0.3 is 7.12 Å². The molecule has 0 atom stereocenters. The topological polar surface area (TPSA) is 40.5 Å². The number of allylic oxidation sites excluding steroid dienone is 4. The van der Waals surface area contributed by atoms with Crippen LogP contribution in [-0.4, -0.2) is 17.2 Å². The first-order valence-electron chi connectivity index (χ1n) is 12.9. The van der Waals surface area contributed by atoms with E-state index in [1.165, 1.54) is 0 Å². The molecule has 5 aromatic carbocycles. The van der Waals surface area contributed by atoms with Crippen LogP contribution >= 0.6 is 0 Å². The highest BCUT2D eigenvalue weighted by Gasteiger charge is 2.56. The maximum atomic E-state index is 11.6. The Morgan fingerprint density at radius 1 is 0.368 bits per heavy atom. The molecule has 0 heterocycles. The molecule has 0 fully saturated rings. The maximum absolute atomic E-state index is 11.6. The summed E-state index contributed by atoms with van der Waals surface area (Å²) in [6, 6.07) is 50.7. The first-order chi connectivity index (χ1) is 18.7. The van der Waals surface area contributed by atoms with Crippen LogP contribution in [0, 0.1) is 0 Å². The number of benzene rings is 5. The van der Waals surface area contributed by atoms with Gasteiger partial charge in [0.25, 0.3) is 0 Å². The average molecular weight is 490 g/mol. The minimum atomic E-state index is -1.71. The number of hydrogen-bond acceptors (Lipinski definition) is 2. The molecular weight excluding hydrogens is 463 g/mol. The van der Waals surface area contributed by atoms with Gasteiger partial charge in [-0.15, -0.1) is 0 Å². The van der Waals surface area contributed by atoms with E-state index in [0.717, 1.165) is 50.1 Å². The van der Waals surface area contributed by atoms with E-state index in [2.05, 4.69) is 48.5 Å². The Morgan fingerprint density at radius 2 is 0.658 bits per heavy atom. The van der Waals surface area contributed by atoms with Crippen molar-refractivity contribution in [3.05, 3.63) is 179 Å². The van der Waals surface area contributed by atoms with Gasteiger partial charge in [-0.05, 0) is 50.1 Å². The standard InChI is InChI=1S/C35H27BO2/c37-36(38)35(30-24-14-5-15-25-30)33(28-20-10-3-11-21-28)31(26-16-6-1-7-17-26)32(27-18-8-2-9-19-27)34(35)29-22-12-4-13-23-29/h1-25,37-38H. The molecule has 6 rings (SSSR count). The van der Waals surface area contributed by atoms with E-state index in [0.29, 0.717) is 0 Å². The van der Waals surface area contributed by atoms with Crippen LogP contribution in [0.4, 0.5) is 0 Å². The van der Waals surface area contributed by atoms with Crippen molar-refractivity contribution in [2.24, 2.45) is 0 Å². The van der Waals surface area contributed by atoms with Crippen LogP contribution in [0.3, 0.4) is 0 Å². The van der Waals surface area contributed by atoms with Crippen molar-refractivity contribution in [1.82, 2.24) is 0 Å². The van der Waals surface area contributed by atoms with Gasteiger partial charge in [0.15, 0.2) is 0 Å². The maximum Gasteiger partial charge on any atom is 0.472 e. The zero-order valence-corrected chi connectivity index (χ0v) is 20.9. The van der Waals surface area contributed by atoms with E-state index in [1.54, 1.807) is 0 Å². The third kappa shape index (κ3) is 3.85. The van der Waals surface area contributed by atoms with Crippen LogP contribution in [0.2, 0.25) is 0 Å². The normalized spacial score (nSPS) is 14.6. The molecular formula is C35H27BO2. The van der Waals surface area contributed by atoms with Crippen molar-refractivity contribution in [1.29, 1.82) is 0 Å². The largest absolute Gasteiger partial charge is 0.472 e. The molecule has 0 aliphatic heterocycles. The van der Waals surface area contributed by atoms with E-state index in [-0.39, 0.29) is 0 Å². The van der Waals surface area contributed by atoms with Gasteiger partial charge in [0.1, 0.15) is 0 Å². The molecule has 182 valence electrons. The Hall–Kier alpha value is -4.44. The van der Waals surface area contributed by atoms with Crippen molar-refractivity contribution in [2.75, 3.05) is 0 Å². The minimum absolute atomic E-state index is 0.826. The van der Waals surface area contributed by atoms with Crippen LogP contribution in [0.1, 0.15) is 27.8 Å². The Balaban J connectivity index is 1.88. The molecule has 0 amide bonds. The molecule has 0 aromatic heterocycles. The predicted molar refractivity (Wildman–Crippen MR) is 158 cm³/mol. The Kier molecular flexibility index (Phi) is 6.39. The van der Waals surface area contributed by atoms with Gasteiger partial charge in [-0.25, -0.2) is 0 Å². The van der Waals surface area contributed by atoms with Crippen LogP contribution < -0.4 is 0 Å². The van der Waals surface area contributed by atoms with Gasteiger partial charge in [0.2, 0.25) is 0 Å². The summed E-state index contributed by atoms with van der Waals surface area (Å²) in [7, 11) is -1.71.